The molecule has 1 saturated heterocycles. The molecule has 20 heavy (non-hydrogen) atoms. The summed E-state index contributed by atoms with van der Waals surface area (Å²) < 4.78 is 6.01. The summed E-state index contributed by atoms with van der Waals surface area (Å²) in [5.41, 5.74) is 1.36. The SMILES string of the molecule is CN(CCC1CCCCN1)CC1Cc2ccccc2O1. The highest BCUT2D eigenvalue weighted by atomic mass is 16.5. The van der Waals surface area contributed by atoms with Gasteiger partial charge in [0.2, 0.25) is 0 Å². The molecule has 1 aromatic rings. The maximum atomic E-state index is 6.01. The number of piperidine rings is 1. The molecule has 1 aromatic carbocycles. The number of nitrogens with zero attached hydrogens (tertiary/aromatic N) is 1. The molecule has 1 N–H and O–H groups in total. The lowest BCUT2D eigenvalue weighted by Crippen LogP contribution is -2.39. The third-order valence-electron chi connectivity index (χ3n) is 4.50. The Hall–Kier alpha value is -1.06. The Morgan fingerprint density at radius 3 is 3.00 bits per heavy atom. The van der Waals surface area contributed by atoms with Crippen LogP contribution in [0.5, 0.6) is 5.75 Å². The second-order valence-corrected chi connectivity index (χ2v) is 6.25. The molecule has 0 saturated carbocycles. The first kappa shape index (κ1) is 13.9. The average molecular weight is 274 g/mol. The molecule has 2 aliphatic heterocycles. The first-order valence-corrected chi connectivity index (χ1v) is 7.98. The molecule has 0 amide bonds. The molecule has 0 bridgehead atoms. The van der Waals surface area contributed by atoms with Crippen molar-refractivity contribution in [2.75, 3.05) is 26.7 Å². The van der Waals surface area contributed by atoms with Gasteiger partial charge in [-0.2, -0.15) is 0 Å². The molecule has 2 heterocycles. The fraction of sp³-hybridized carbons (Fsp3) is 0.647. The Kier molecular flexibility index (Phi) is 4.58. The van der Waals surface area contributed by atoms with Gasteiger partial charge in [-0.15, -0.1) is 0 Å². The maximum Gasteiger partial charge on any atom is 0.123 e. The number of hydrogen-bond donors (Lipinski definition) is 1. The molecule has 2 unspecified atom stereocenters. The van der Waals surface area contributed by atoms with Crippen LogP contribution in [0.4, 0.5) is 0 Å². The zero-order chi connectivity index (χ0) is 13.8. The van der Waals surface area contributed by atoms with Crippen molar-refractivity contribution in [3.63, 3.8) is 0 Å². The van der Waals surface area contributed by atoms with Crippen molar-refractivity contribution in [3.8, 4) is 5.75 Å². The van der Waals surface area contributed by atoms with Crippen LogP contribution in [0, 0.1) is 0 Å². The van der Waals surface area contributed by atoms with Crippen LogP contribution in [-0.4, -0.2) is 43.7 Å². The summed E-state index contributed by atoms with van der Waals surface area (Å²) in [5.74, 6) is 1.08. The summed E-state index contributed by atoms with van der Waals surface area (Å²) in [5, 5.41) is 3.62. The van der Waals surface area contributed by atoms with Gasteiger partial charge in [0.25, 0.3) is 0 Å². The standard InChI is InChI=1S/C17H26N2O/c1-19(11-9-15-7-4-5-10-18-15)13-16-12-14-6-2-3-8-17(14)20-16/h2-3,6,8,15-16,18H,4-5,7,9-13H2,1H3. The minimum atomic E-state index is 0.330. The van der Waals surface area contributed by atoms with Gasteiger partial charge in [0.1, 0.15) is 11.9 Å². The molecule has 3 heteroatoms. The fourth-order valence-corrected chi connectivity index (χ4v) is 3.34. The lowest BCUT2D eigenvalue weighted by Gasteiger charge is -2.27. The second-order valence-electron chi connectivity index (χ2n) is 6.25. The van der Waals surface area contributed by atoms with E-state index in [1.807, 2.05) is 0 Å². The Balaban J connectivity index is 1.40. The summed E-state index contributed by atoms with van der Waals surface area (Å²) in [7, 11) is 2.22. The molecule has 1 fully saturated rings. The molecule has 2 atom stereocenters. The number of rotatable bonds is 5. The van der Waals surface area contributed by atoms with Gasteiger partial charge >= 0.3 is 0 Å². The highest BCUT2D eigenvalue weighted by Crippen LogP contribution is 2.28. The van der Waals surface area contributed by atoms with Crippen LogP contribution in [-0.2, 0) is 6.42 Å². The average Bonchev–Trinajstić information content (AvgIpc) is 2.88. The van der Waals surface area contributed by atoms with Crippen LogP contribution in [0.25, 0.3) is 0 Å². The molecular formula is C17H26N2O. The number of benzene rings is 1. The number of ether oxygens (including phenoxy) is 1. The minimum absolute atomic E-state index is 0.330. The van der Waals surface area contributed by atoms with Gasteiger partial charge in [-0.25, -0.2) is 0 Å². The van der Waals surface area contributed by atoms with E-state index in [2.05, 4.69) is 41.5 Å². The van der Waals surface area contributed by atoms with Gasteiger partial charge in [-0.05, 0) is 51.0 Å². The molecular weight excluding hydrogens is 248 g/mol. The maximum absolute atomic E-state index is 6.01. The molecule has 3 rings (SSSR count). The van der Waals surface area contributed by atoms with Gasteiger partial charge in [0.05, 0.1) is 0 Å². The predicted molar refractivity (Wildman–Crippen MR) is 82.3 cm³/mol. The number of para-hydroxylation sites is 1. The molecule has 2 aliphatic rings. The van der Waals surface area contributed by atoms with Crippen molar-refractivity contribution >= 4 is 0 Å². The topological polar surface area (TPSA) is 24.5 Å². The van der Waals surface area contributed by atoms with Gasteiger partial charge in [-0.3, -0.25) is 0 Å². The molecule has 0 spiro atoms. The summed E-state index contributed by atoms with van der Waals surface area (Å²) in [6.07, 6.45) is 6.73. The largest absolute Gasteiger partial charge is 0.488 e. The number of fused-ring (bicyclic) bond motifs is 1. The normalized spacial score (nSPS) is 25.5. The van der Waals surface area contributed by atoms with Gasteiger partial charge in [-0.1, -0.05) is 24.6 Å². The minimum Gasteiger partial charge on any atom is -0.488 e. The van der Waals surface area contributed by atoms with Crippen LogP contribution < -0.4 is 10.1 Å². The lowest BCUT2D eigenvalue weighted by atomic mass is 10.0. The summed E-state index contributed by atoms with van der Waals surface area (Å²) >= 11 is 0. The predicted octanol–water partition coefficient (Wildman–Crippen LogP) is 2.45. The molecule has 0 aliphatic carbocycles. The summed E-state index contributed by atoms with van der Waals surface area (Å²) in [6.45, 7) is 3.39. The van der Waals surface area contributed by atoms with E-state index in [1.54, 1.807) is 0 Å². The zero-order valence-corrected chi connectivity index (χ0v) is 12.5. The van der Waals surface area contributed by atoms with E-state index in [9.17, 15) is 0 Å². The van der Waals surface area contributed by atoms with Gasteiger partial charge in [0, 0.05) is 19.0 Å². The number of nitrogens with one attached hydrogen (secondary N) is 1. The van der Waals surface area contributed by atoms with Crippen LogP contribution >= 0.6 is 0 Å². The second kappa shape index (κ2) is 6.59. The fourth-order valence-electron chi connectivity index (χ4n) is 3.34. The van der Waals surface area contributed by atoms with Crippen LogP contribution in [0.15, 0.2) is 24.3 Å². The first-order valence-electron chi connectivity index (χ1n) is 7.98. The Morgan fingerprint density at radius 1 is 1.30 bits per heavy atom. The smallest absolute Gasteiger partial charge is 0.123 e. The molecule has 0 aromatic heterocycles. The Bertz CT molecular complexity index is 404. The van der Waals surface area contributed by atoms with E-state index in [0.717, 1.165) is 31.3 Å². The van der Waals surface area contributed by atoms with Gasteiger partial charge in [0.15, 0.2) is 0 Å². The summed E-state index contributed by atoms with van der Waals surface area (Å²) in [6, 6.07) is 9.15. The van der Waals surface area contributed by atoms with Crippen molar-refractivity contribution in [3.05, 3.63) is 29.8 Å². The quantitative estimate of drug-likeness (QED) is 0.892. The van der Waals surface area contributed by atoms with Crippen LogP contribution in [0.1, 0.15) is 31.2 Å². The third-order valence-corrected chi connectivity index (χ3v) is 4.50. The van der Waals surface area contributed by atoms with E-state index in [0.29, 0.717) is 6.10 Å². The third kappa shape index (κ3) is 3.53. The first-order chi connectivity index (χ1) is 9.81. The Morgan fingerprint density at radius 2 is 2.20 bits per heavy atom. The van der Waals surface area contributed by atoms with E-state index < -0.39 is 0 Å². The van der Waals surface area contributed by atoms with E-state index >= 15 is 0 Å². The molecule has 110 valence electrons. The van der Waals surface area contributed by atoms with Crippen molar-refractivity contribution < 1.29 is 4.74 Å². The van der Waals surface area contributed by atoms with Crippen molar-refractivity contribution in [1.29, 1.82) is 0 Å². The highest BCUT2D eigenvalue weighted by Gasteiger charge is 2.23. The van der Waals surface area contributed by atoms with E-state index in [-0.39, 0.29) is 0 Å². The van der Waals surface area contributed by atoms with Crippen LogP contribution in [0.3, 0.4) is 0 Å². The summed E-state index contributed by atoms with van der Waals surface area (Å²) in [4.78, 5) is 2.42. The Labute approximate surface area is 122 Å². The van der Waals surface area contributed by atoms with Crippen molar-refractivity contribution in [2.24, 2.45) is 0 Å². The molecule has 3 nitrogen and oxygen atoms in total. The van der Waals surface area contributed by atoms with Crippen LogP contribution in [0.2, 0.25) is 0 Å². The number of likely N-dealkylation sites (N-methyl/N-ethyl adjacent to an activating group) is 1. The molecule has 0 radical (unpaired) electrons. The number of hydrogen-bond acceptors (Lipinski definition) is 3. The van der Waals surface area contributed by atoms with E-state index in [4.69, 9.17) is 4.74 Å². The lowest BCUT2D eigenvalue weighted by molar-refractivity contribution is 0.163. The zero-order valence-electron chi connectivity index (χ0n) is 12.5. The van der Waals surface area contributed by atoms with Crippen molar-refractivity contribution in [2.45, 2.75) is 44.2 Å². The highest BCUT2D eigenvalue weighted by molar-refractivity contribution is 5.37. The van der Waals surface area contributed by atoms with Gasteiger partial charge < -0.3 is 15.0 Å². The van der Waals surface area contributed by atoms with Crippen molar-refractivity contribution in [1.82, 2.24) is 10.2 Å². The monoisotopic (exact) mass is 274 g/mol. The van der Waals surface area contributed by atoms with E-state index in [1.165, 1.54) is 37.8 Å².